The van der Waals surface area contributed by atoms with Crippen molar-refractivity contribution < 1.29 is 14.7 Å². The molecule has 1 rings (SSSR count). The SMILES string of the molecule is CC(=O)Nc1c(C(C)I)cc(C(=O)O)cc1C(C)I. The molecule has 19 heavy (non-hydrogen) atoms. The molecular weight excluding hydrogens is 472 g/mol. The summed E-state index contributed by atoms with van der Waals surface area (Å²) in [6, 6.07) is 3.26. The van der Waals surface area contributed by atoms with E-state index in [1.807, 2.05) is 13.8 Å². The zero-order valence-electron chi connectivity index (χ0n) is 10.8. The van der Waals surface area contributed by atoms with Crippen molar-refractivity contribution in [2.24, 2.45) is 0 Å². The topological polar surface area (TPSA) is 66.4 Å². The molecule has 0 heterocycles. The van der Waals surface area contributed by atoms with E-state index in [1.54, 1.807) is 12.1 Å². The number of anilines is 1. The minimum Gasteiger partial charge on any atom is -0.478 e. The molecule has 104 valence electrons. The number of carboxylic acid groups (broad SMARTS) is 1. The molecule has 0 saturated heterocycles. The van der Waals surface area contributed by atoms with E-state index in [4.69, 9.17) is 0 Å². The number of hydrogen-bond acceptors (Lipinski definition) is 2. The van der Waals surface area contributed by atoms with Gasteiger partial charge in [-0.05, 0) is 37.1 Å². The Morgan fingerprint density at radius 1 is 1.16 bits per heavy atom. The fourth-order valence-electron chi connectivity index (χ4n) is 1.76. The number of carbonyl (C=O) groups is 2. The summed E-state index contributed by atoms with van der Waals surface area (Å²) in [5, 5.41) is 12.0. The monoisotopic (exact) mass is 487 g/mol. The molecule has 1 aromatic rings. The van der Waals surface area contributed by atoms with E-state index in [9.17, 15) is 14.7 Å². The lowest BCUT2D eigenvalue weighted by Gasteiger charge is -2.19. The summed E-state index contributed by atoms with van der Waals surface area (Å²) in [6.45, 7) is 5.39. The highest BCUT2D eigenvalue weighted by molar-refractivity contribution is 14.1. The van der Waals surface area contributed by atoms with E-state index in [2.05, 4.69) is 50.5 Å². The smallest absolute Gasteiger partial charge is 0.335 e. The molecule has 2 atom stereocenters. The maximum atomic E-state index is 11.3. The van der Waals surface area contributed by atoms with Gasteiger partial charge in [0.05, 0.1) is 5.56 Å². The van der Waals surface area contributed by atoms with Gasteiger partial charge >= 0.3 is 5.97 Å². The van der Waals surface area contributed by atoms with Crippen LogP contribution in [0.25, 0.3) is 0 Å². The molecule has 0 saturated carbocycles. The van der Waals surface area contributed by atoms with Crippen LogP contribution in [0.2, 0.25) is 0 Å². The Bertz CT molecular complexity index is 484. The van der Waals surface area contributed by atoms with Crippen LogP contribution < -0.4 is 5.32 Å². The Balaban J connectivity index is 3.55. The van der Waals surface area contributed by atoms with Crippen LogP contribution in [0.1, 0.15) is 50.1 Å². The molecule has 6 heteroatoms. The number of nitrogens with one attached hydrogen (secondary N) is 1. The van der Waals surface area contributed by atoms with Gasteiger partial charge in [-0.1, -0.05) is 45.2 Å². The van der Waals surface area contributed by atoms with Crippen molar-refractivity contribution in [2.75, 3.05) is 5.32 Å². The summed E-state index contributed by atoms with van der Waals surface area (Å²) in [5.74, 6) is -1.11. The minimum absolute atomic E-state index is 0.104. The zero-order chi connectivity index (χ0) is 14.7. The van der Waals surface area contributed by atoms with Gasteiger partial charge in [0, 0.05) is 20.5 Å². The molecular formula is C13H15I2NO3. The number of halogens is 2. The average molecular weight is 487 g/mol. The predicted molar refractivity (Wildman–Crippen MR) is 92.6 cm³/mol. The zero-order valence-corrected chi connectivity index (χ0v) is 15.1. The third-order valence-corrected chi connectivity index (χ3v) is 3.95. The fourth-order valence-corrected chi connectivity index (χ4v) is 2.74. The van der Waals surface area contributed by atoms with Crippen LogP contribution >= 0.6 is 45.2 Å². The Hall–Kier alpha value is -0.380. The Labute approximate surface area is 139 Å². The first-order chi connectivity index (χ1) is 8.73. The lowest BCUT2D eigenvalue weighted by molar-refractivity contribution is -0.114. The third-order valence-electron chi connectivity index (χ3n) is 2.60. The average Bonchev–Trinajstić information content (AvgIpc) is 2.27. The molecule has 1 amide bonds. The molecule has 0 bridgehead atoms. The maximum Gasteiger partial charge on any atom is 0.335 e. The normalized spacial score (nSPS) is 13.7. The van der Waals surface area contributed by atoms with E-state index < -0.39 is 5.97 Å². The van der Waals surface area contributed by atoms with Gasteiger partial charge in [-0.25, -0.2) is 4.79 Å². The lowest BCUT2D eigenvalue weighted by Crippen LogP contribution is -2.13. The van der Waals surface area contributed by atoms with Crippen LogP contribution in [-0.2, 0) is 4.79 Å². The van der Waals surface area contributed by atoms with Crippen molar-refractivity contribution in [2.45, 2.75) is 28.6 Å². The van der Waals surface area contributed by atoms with Gasteiger partial charge in [0.2, 0.25) is 5.91 Å². The first-order valence-corrected chi connectivity index (χ1v) is 8.20. The fraction of sp³-hybridized carbons (Fsp3) is 0.385. The molecule has 2 unspecified atom stereocenters. The molecule has 0 radical (unpaired) electrons. The number of benzene rings is 1. The highest BCUT2D eigenvalue weighted by atomic mass is 127. The predicted octanol–water partition coefficient (Wildman–Crippen LogP) is 4.34. The van der Waals surface area contributed by atoms with Crippen LogP contribution in [-0.4, -0.2) is 17.0 Å². The molecule has 0 spiro atoms. The molecule has 1 aromatic carbocycles. The van der Waals surface area contributed by atoms with E-state index in [0.717, 1.165) is 16.8 Å². The van der Waals surface area contributed by atoms with E-state index in [0.29, 0.717) is 0 Å². The van der Waals surface area contributed by atoms with Gasteiger partial charge in [-0.15, -0.1) is 0 Å². The van der Waals surface area contributed by atoms with E-state index in [-0.39, 0.29) is 19.3 Å². The van der Waals surface area contributed by atoms with Crippen LogP contribution in [0.5, 0.6) is 0 Å². The third kappa shape index (κ3) is 4.30. The summed E-state index contributed by atoms with van der Waals surface area (Å²) in [4.78, 5) is 22.5. The summed E-state index contributed by atoms with van der Waals surface area (Å²) >= 11 is 4.43. The molecule has 0 aliphatic rings. The van der Waals surface area contributed by atoms with Gasteiger partial charge in [0.25, 0.3) is 0 Å². The number of rotatable bonds is 4. The number of aromatic carboxylic acids is 1. The largest absolute Gasteiger partial charge is 0.478 e. The minimum atomic E-state index is -0.953. The van der Waals surface area contributed by atoms with Gasteiger partial charge < -0.3 is 10.4 Å². The van der Waals surface area contributed by atoms with Crippen LogP contribution in [0, 0.1) is 0 Å². The highest BCUT2D eigenvalue weighted by Crippen LogP contribution is 2.38. The number of amides is 1. The number of carboxylic acids is 1. The van der Waals surface area contributed by atoms with Crippen molar-refractivity contribution in [1.82, 2.24) is 0 Å². The van der Waals surface area contributed by atoms with Crippen molar-refractivity contribution in [1.29, 1.82) is 0 Å². The molecule has 4 nitrogen and oxygen atoms in total. The quantitative estimate of drug-likeness (QED) is 0.491. The van der Waals surface area contributed by atoms with Gasteiger partial charge in [-0.3, -0.25) is 4.79 Å². The Morgan fingerprint density at radius 2 is 1.58 bits per heavy atom. The van der Waals surface area contributed by atoms with Gasteiger partial charge in [-0.2, -0.15) is 0 Å². The van der Waals surface area contributed by atoms with E-state index in [1.165, 1.54) is 6.92 Å². The second-order valence-electron chi connectivity index (χ2n) is 4.25. The number of hydrogen-bond donors (Lipinski definition) is 2. The van der Waals surface area contributed by atoms with Crippen molar-refractivity contribution in [3.05, 3.63) is 28.8 Å². The standard InChI is InChI=1S/C13H15I2NO3/c1-6(14)10-4-9(13(18)19)5-11(7(2)15)12(10)16-8(3)17/h4-7H,1-3H3,(H,16,17)(H,18,19). The highest BCUT2D eigenvalue weighted by Gasteiger charge is 2.20. The number of alkyl halides is 2. The molecule has 0 aliphatic heterocycles. The summed E-state index contributed by atoms with van der Waals surface area (Å²) in [5.41, 5.74) is 2.68. The first-order valence-electron chi connectivity index (χ1n) is 5.71. The molecule has 0 fully saturated rings. The van der Waals surface area contributed by atoms with Crippen LogP contribution in [0.3, 0.4) is 0 Å². The maximum absolute atomic E-state index is 11.3. The van der Waals surface area contributed by atoms with E-state index >= 15 is 0 Å². The Morgan fingerprint density at radius 3 is 1.84 bits per heavy atom. The van der Waals surface area contributed by atoms with Crippen LogP contribution in [0.4, 0.5) is 5.69 Å². The van der Waals surface area contributed by atoms with Crippen LogP contribution in [0.15, 0.2) is 12.1 Å². The first kappa shape index (κ1) is 16.7. The summed E-state index contributed by atoms with van der Waals surface area (Å²) in [7, 11) is 0. The van der Waals surface area contributed by atoms with Crippen molar-refractivity contribution >= 4 is 62.7 Å². The molecule has 2 N–H and O–H groups in total. The summed E-state index contributed by atoms with van der Waals surface area (Å²) in [6.07, 6.45) is 0. The number of carbonyl (C=O) groups excluding carboxylic acids is 1. The summed E-state index contributed by atoms with van der Waals surface area (Å²) < 4.78 is 0.209. The molecule has 0 aromatic heterocycles. The second kappa shape index (κ2) is 6.87. The van der Waals surface area contributed by atoms with Gasteiger partial charge in [0.1, 0.15) is 0 Å². The van der Waals surface area contributed by atoms with Crippen molar-refractivity contribution in [3.8, 4) is 0 Å². The van der Waals surface area contributed by atoms with Crippen molar-refractivity contribution in [3.63, 3.8) is 0 Å². The molecule has 0 aliphatic carbocycles. The lowest BCUT2D eigenvalue weighted by atomic mass is 9.99. The Kier molecular flexibility index (Phi) is 6.03. The second-order valence-corrected chi connectivity index (χ2v) is 7.98. The van der Waals surface area contributed by atoms with Gasteiger partial charge in [0.15, 0.2) is 0 Å².